The molecule has 0 N–H and O–H groups in total. The van der Waals surface area contributed by atoms with Crippen molar-refractivity contribution in [1.82, 2.24) is 4.98 Å². The first-order valence-corrected chi connectivity index (χ1v) is 18.6. The Kier molecular flexibility index (Phi) is 8.96. The molecule has 0 amide bonds. The van der Waals surface area contributed by atoms with Crippen molar-refractivity contribution >= 4 is 22.3 Å². The summed E-state index contributed by atoms with van der Waals surface area (Å²) in [5.74, 6) is 0.854. The van der Waals surface area contributed by atoms with Crippen molar-refractivity contribution in [3.8, 4) is 50.6 Å². The minimum absolute atomic E-state index is 0.0358. The fraction of sp³-hybridized carbons (Fsp3) is 0.0588. The molecule has 0 bridgehead atoms. The highest BCUT2D eigenvalue weighted by Gasteiger charge is 2.29. The Bertz CT molecular complexity index is 2750. The number of nitriles is 1. The number of nitrogens with zero attached hydrogens (tertiary/aromatic N) is 4. The van der Waals surface area contributed by atoms with Crippen molar-refractivity contribution < 1.29 is 0 Å². The monoisotopic (exact) mass is 704 g/mol. The first-order chi connectivity index (χ1) is 27.1. The summed E-state index contributed by atoms with van der Waals surface area (Å²) in [4.78, 5) is 14.6. The molecule has 1 aliphatic heterocycles. The SMILES string of the molecule is CC1C(c2ccc(-c3ccc(-c4cc(C#N)cc(-c5ccc(-c6cccnc6)cc5)c4)c4ccccc34)cc2)=NC(c2ccccc2)=NC1c1ccccc1. The first-order valence-electron chi connectivity index (χ1n) is 18.6. The number of hydrogen-bond acceptors (Lipinski definition) is 4. The average Bonchev–Trinajstić information content (AvgIpc) is 3.27. The summed E-state index contributed by atoms with van der Waals surface area (Å²) in [6.07, 6.45) is 3.65. The highest BCUT2D eigenvalue weighted by Crippen LogP contribution is 2.39. The molecule has 7 aromatic carbocycles. The van der Waals surface area contributed by atoms with Gasteiger partial charge in [0.1, 0.15) is 0 Å². The van der Waals surface area contributed by atoms with E-state index in [4.69, 9.17) is 9.98 Å². The number of pyridine rings is 1. The van der Waals surface area contributed by atoms with Crippen LogP contribution < -0.4 is 0 Å². The molecule has 2 atom stereocenters. The number of aromatic nitrogens is 1. The molecule has 9 rings (SSSR count). The third-order valence-corrected chi connectivity index (χ3v) is 10.6. The predicted molar refractivity (Wildman–Crippen MR) is 226 cm³/mol. The summed E-state index contributed by atoms with van der Waals surface area (Å²) >= 11 is 0. The molecule has 260 valence electrons. The number of aliphatic imine (C=N–C) groups is 2. The molecule has 1 aromatic heterocycles. The van der Waals surface area contributed by atoms with Gasteiger partial charge < -0.3 is 0 Å². The third kappa shape index (κ3) is 6.65. The van der Waals surface area contributed by atoms with Gasteiger partial charge >= 0.3 is 0 Å². The van der Waals surface area contributed by atoms with Gasteiger partial charge in [-0.05, 0) is 90.7 Å². The summed E-state index contributed by atoms with van der Waals surface area (Å²) in [6.45, 7) is 2.23. The van der Waals surface area contributed by atoms with Crippen LogP contribution in [0.1, 0.15) is 35.2 Å². The van der Waals surface area contributed by atoms with E-state index in [2.05, 4.69) is 151 Å². The molecule has 0 spiro atoms. The molecular weight excluding hydrogens is 669 g/mol. The second-order valence-corrected chi connectivity index (χ2v) is 14.0. The fourth-order valence-corrected chi connectivity index (χ4v) is 7.73. The van der Waals surface area contributed by atoms with Crippen LogP contribution in [-0.2, 0) is 0 Å². The van der Waals surface area contributed by atoms with E-state index < -0.39 is 0 Å². The van der Waals surface area contributed by atoms with Gasteiger partial charge in [-0.15, -0.1) is 0 Å². The zero-order valence-electron chi connectivity index (χ0n) is 30.3. The Hall–Kier alpha value is -7.22. The van der Waals surface area contributed by atoms with Crippen LogP contribution in [-0.4, -0.2) is 16.5 Å². The number of rotatable bonds is 7. The lowest BCUT2D eigenvalue weighted by atomic mass is 9.85. The molecule has 0 radical (unpaired) electrons. The van der Waals surface area contributed by atoms with Crippen molar-refractivity contribution in [2.45, 2.75) is 13.0 Å². The molecule has 2 heterocycles. The molecule has 0 saturated carbocycles. The van der Waals surface area contributed by atoms with Gasteiger partial charge in [0.15, 0.2) is 5.84 Å². The molecule has 55 heavy (non-hydrogen) atoms. The molecule has 0 saturated heterocycles. The molecule has 2 unspecified atom stereocenters. The number of benzene rings is 7. The largest absolute Gasteiger partial charge is 0.264 e. The highest BCUT2D eigenvalue weighted by molar-refractivity contribution is 6.15. The zero-order valence-corrected chi connectivity index (χ0v) is 30.3. The minimum atomic E-state index is -0.0358. The third-order valence-electron chi connectivity index (χ3n) is 10.6. The van der Waals surface area contributed by atoms with Crippen LogP contribution in [0.2, 0.25) is 0 Å². The zero-order chi connectivity index (χ0) is 37.1. The van der Waals surface area contributed by atoms with Crippen LogP contribution in [0.15, 0.2) is 198 Å². The van der Waals surface area contributed by atoms with Gasteiger partial charge in [-0.3, -0.25) is 9.98 Å². The van der Waals surface area contributed by atoms with Crippen molar-refractivity contribution in [2.75, 3.05) is 0 Å². The maximum Gasteiger partial charge on any atom is 0.155 e. The van der Waals surface area contributed by atoms with Gasteiger partial charge in [0.05, 0.1) is 23.4 Å². The summed E-state index contributed by atoms with van der Waals surface area (Å²) in [5.41, 5.74) is 13.6. The Balaban J connectivity index is 1.06. The molecule has 0 fully saturated rings. The summed E-state index contributed by atoms with van der Waals surface area (Å²) in [6, 6.07) is 63.5. The molecule has 4 nitrogen and oxygen atoms in total. The Labute approximate surface area is 321 Å². The van der Waals surface area contributed by atoms with E-state index in [0.717, 1.165) is 78.0 Å². The van der Waals surface area contributed by atoms with Crippen molar-refractivity contribution in [3.05, 3.63) is 211 Å². The van der Waals surface area contributed by atoms with Crippen molar-refractivity contribution in [3.63, 3.8) is 0 Å². The van der Waals surface area contributed by atoms with Crippen LogP contribution in [0, 0.1) is 17.2 Å². The van der Waals surface area contributed by atoms with E-state index in [1.54, 1.807) is 6.20 Å². The van der Waals surface area contributed by atoms with Crippen LogP contribution in [0.3, 0.4) is 0 Å². The van der Waals surface area contributed by atoms with E-state index in [-0.39, 0.29) is 12.0 Å². The second kappa shape index (κ2) is 14.7. The molecule has 0 aliphatic carbocycles. The van der Waals surface area contributed by atoms with Crippen LogP contribution in [0.5, 0.6) is 0 Å². The summed E-state index contributed by atoms with van der Waals surface area (Å²) < 4.78 is 0. The highest BCUT2D eigenvalue weighted by atomic mass is 15.0. The first kappa shape index (κ1) is 33.6. The summed E-state index contributed by atoms with van der Waals surface area (Å²) in [7, 11) is 0. The quantitative estimate of drug-likeness (QED) is 0.166. The van der Waals surface area contributed by atoms with Crippen LogP contribution in [0.4, 0.5) is 0 Å². The molecular formula is C51H36N4. The topological polar surface area (TPSA) is 61.4 Å². The lowest BCUT2D eigenvalue weighted by Crippen LogP contribution is -2.26. The fourth-order valence-electron chi connectivity index (χ4n) is 7.73. The van der Waals surface area contributed by atoms with Crippen molar-refractivity contribution in [2.24, 2.45) is 15.9 Å². The predicted octanol–water partition coefficient (Wildman–Crippen LogP) is 12.4. The maximum atomic E-state index is 10.1. The van der Waals surface area contributed by atoms with E-state index in [1.807, 2.05) is 48.7 Å². The summed E-state index contributed by atoms with van der Waals surface area (Å²) in [5, 5.41) is 12.4. The van der Waals surface area contributed by atoms with E-state index in [1.165, 1.54) is 5.56 Å². The number of hydrogen-bond donors (Lipinski definition) is 0. The number of fused-ring (bicyclic) bond motifs is 1. The van der Waals surface area contributed by atoms with Crippen LogP contribution >= 0.6 is 0 Å². The standard InChI is InChI=1S/C51H36N4/c1-34-49(39-11-4-2-5-12-39)54-51(41-13-6-3-7-14-41)55-50(34)40-24-22-38(23-25-40)45-26-27-46(48-17-9-8-16-47(45)48)44-30-35(32-52)29-43(31-44)37-20-18-36(19-21-37)42-15-10-28-53-33-42/h2-31,33-34,49H,1H3. The Morgan fingerprint density at radius 1 is 0.491 bits per heavy atom. The minimum Gasteiger partial charge on any atom is -0.264 e. The Morgan fingerprint density at radius 2 is 1.05 bits per heavy atom. The Morgan fingerprint density at radius 3 is 1.71 bits per heavy atom. The van der Waals surface area contributed by atoms with E-state index in [0.29, 0.717) is 5.56 Å². The van der Waals surface area contributed by atoms with E-state index >= 15 is 0 Å². The maximum absolute atomic E-state index is 10.1. The smallest absolute Gasteiger partial charge is 0.155 e. The van der Waals surface area contributed by atoms with Gasteiger partial charge in [-0.2, -0.15) is 5.26 Å². The molecule has 8 aromatic rings. The molecule has 4 heteroatoms. The van der Waals surface area contributed by atoms with Gasteiger partial charge in [0, 0.05) is 23.9 Å². The lowest BCUT2D eigenvalue weighted by Gasteiger charge is -2.28. The average molecular weight is 705 g/mol. The van der Waals surface area contributed by atoms with Crippen LogP contribution in [0.25, 0.3) is 55.3 Å². The van der Waals surface area contributed by atoms with Crippen molar-refractivity contribution in [1.29, 1.82) is 5.26 Å². The van der Waals surface area contributed by atoms with Gasteiger partial charge in [0.25, 0.3) is 0 Å². The van der Waals surface area contributed by atoms with Gasteiger partial charge in [-0.25, -0.2) is 4.99 Å². The van der Waals surface area contributed by atoms with E-state index in [9.17, 15) is 5.26 Å². The van der Waals surface area contributed by atoms with Gasteiger partial charge in [-0.1, -0.05) is 159 Å². The second-order valence-electron chi connectivity index (χ2n) is 14.0. The normalized spacial score (nSPS) is 15.2. The van der Waals surface area contributed by atoms with Gasteiger partial charge in [0.2, 0.25) is 0 Å². The lowest BCUT2D eigenvalue weighted by molar-refractivity contribution is 0.592. The molecule has 1 aliphatic rings. The number of amidine groups is 1.